The molecule has 2 unspecified atom stereocenters. The lowest BCUT2D eigenvalue weighted by molar-refractivity contribution is 0.0905. The smallest absolute Gasteiger partial charge is 0.0113 e. The molecule has 0 spiro atoms. The van der Waals surface area contributed by atoms with Crippen molar-refractivity contribution in [2.75, 3.05) is 39.3 Å². The van der Waals surface area contributed by atoms with E-state index in [1.54, 1.807) is 0 Å². The maximum absolute atomic E-state index is 5.67. The van der Waals surface area contributed by atoms with Gasteiger partial charge in [0.25, 0.3) is 0 Å². The Balaban J connectivity index is 2.23. The lowest BCUT2D eigenvalue weighted by atomic mass is 10.1. The number of hydrogen-bond donors (Lipinski definition) is 1. The molecule has 2 atom stereocenters. The van der Waals surface area contributed by atoms with E-state index in [0.29, 0.717) is 5.92 Å². The van der Waals surface area contributed by atoms with E-state index >= 15 is 0 Å². The number of nitrogens with two attached hydrogens (primary N) is 1. The molecule has 3 nitrogen and oxygen atoms in total. The van der Waals surface area contributed by atoms with Gasteiger partial charge in [0.1, 0.15) is 0 Å². The largest absolute Gasteiger partial charge is 0.330 e. The average Bonchev–Trinajstić information content (AvgIpc) is 2.30. The van der Waals surface area contributed by atoms with E-state index in [0.717, 1.165) is 12.6 Å². The van der Waals surface area contributed by atoms with Crippen LogP contribution in [0.25, 0.3) is 0 Å². The van der Waals surface area contributed by atoms with Crippen molar-refractivity contribution in [2.24, 2.45) is 11.7 Å². The van der Waals surface area contributed by atoms with Gasteiger partial charge in [-0.2, -0.15) is 0 Å². The van der Waals surface area contributed by atoms with Crippen molar-refractivity contribution < 1.29 is 0 Å². The number of rotatable bonds is 6. The van der Waals surface area contributed by atoms with Gasteiger partial charge in [-0.3, -0.25) is 4.90 Å². The van der Waals surface area contributed by atoms with Gasteiger partial charge in [0, 0.05) is 38.8 Å². The Bertz CT molecular complexity index is 176. The molecule has 16 heavy (non-hydrogen) atoms. The van der Waals surface area contributed by atoms with Gasteiger partial charge in [0.2, 0.25) is 0 Å². The number of nitrogens with zero attached hydrogens (tertiary/aromatic N) is 2. The summed E-state index contributed by atoms with van der Waals surface area (Å²) in [6.45, 7) is 13.8. The van der Waals surface area contributed by atoms with Gasteiger partial charge in [0.05, 0.1) is 0 Å². The molecule has 0 saturated carbocycles. The van der Waals surface area contributed by atoms with Crippen LogP contribution in [0.15, 0.2) is 0 Å². The maximum Gasteiger partial charge on any atom is 0.0113 e. The average molecular weight is 227 g/mol. The van der Waals surface area contributed by atoms with E-state index in [1.165, 1.54) is 45.6 Å². The second kappa shape index (κ2) is 7.25. The Kier molecular flexibility index (Phi) is 6.32. The van der Waals surface area contributed by atoms with Crippen molar-refractivity contribution in [3.8, 4) is 0 Å². The van der Waals surface area contributed by atoms with Crippen LogP contribution in [-0.2, 0) is 0 Å². The monoisotopic (exact) mass is 227 g/mol. The third-order valence-electron chi connectivity index (χ3n) is 3.71. The van der Waals surface area contributed by atoms with E-state index in [1.807, 2.05) is 0 Å². The Hall–Kier alpha value is -0.120. The summed E-state index contributed by atoms with van der Waals surface area (Å²) in [7, 11) is 0. The van der Waals surface area contributed by atoms with Crippen LogP contribution in [0.3, 0.4) is 0 Å². The molecule has 0 radical (unpaired) electrons. The molecule has 0 aromatic heterocycles. The Morgan fingerprint density at radius 2 is 1.75 bits per heavy atom. The summed E-state index contributed by atoms with van der Waals surface area (Å²) in [4.78, 5) is 5.19. The van der Waals surface area contributed by atoms with Gasteiger partial charge in [-0.15, -0.1) is 0 Å². The highest BCUT2D eigenvalue weighted by molar-refractivity contribution is 4.77. The molecule has 0 amide bonds. The van der Waals surface area contributed by atoms with Crippen LogP contribution in [-0.4, -0.2) is 55.1 Å². The van der Waals surface area contributed by atoms with Crippen molar-refractivity contribution in [1.82, 2.24) is 9.80 Å². The highest BCUT2D eigenvalue weighted by Crippen LogP contribution is 2.11. The first-order valence-electron chi connectivity index (χ1n) is 6.83. The fourth-order valence-electron chi connectivity index (χ4n) is 2.50. The molecule has 0 aliphatic carbocycles. The summed E-state index contributed by atoms with van der Waals surface area (Å²) < 4.78 is 0. The van der Waals surface area contributed by atoms with Gasteiger partial charge in [-0.1, -0.05) is 20.3 Å². The molecule has 1 aliphatic rings. The lowest BCUT2D eigenvalue weighted by Gasteiger charge is -2.38. The number of piperazine rings is 1. The molecule has 1 saturated heterocycles. The summed E-state index contributed by atoms with van der Waals surface area (Å²) in [5, 5.41) is 0. The molecular formula is C13H29N3. The summed E-state index contributed by atoms with van der Waals surface area (Å²) in [5.74, 6) is 0.639. The quantitative estimate of drug-likeness (QED) is 0.744. The summed E-state index contributed by atoms with van der Waals surface area (Å²) in [5.41, 5.74) is 5.67. The zero-order valence-electron chi connectivity index (χ0n) is 11.3. The first-order chi connectivity index (χ1) is 7.67. The fraction of sp³-hybridized carbons (Fsp3) is 1.00. The SMILES string of the molecule is CCCC(C)N1CCN(CC(C)CN)CC1. The van der Waals surface area contributed by atoms with Crippen molar-refractivity contribution >= 4 is 0 Å². The van der Waals surface area contributed by atoms with Crippen LogP contribution < -0.4 is 5.73 Å². The molecule has 0 bridgehead atoms. The molecule has 1 fully saturated rings. The van der Waals surface area contributed by atoms with Crippen LogP contribution in [0.2, 0.25) is 0 Å². The Morgan fingerprint density at radius 3 is 2.25 bits per heavy atom. The van der Waals surface area contributed by atoms with Crippen LogP contribution >= 0.6 is 0 Å². The molecule has 1 heterocycles. The minimum absolute atomic E-state index is 0.639. The first kappa shape index (κ1) is 13.9. The standard InChI is InChI=1S/C13H29N3/c1-4-5-13(3)16-8-6-15(7-9-16)11-12(2)10-14/h12-13H,4-11,14H2,1-3H3. The maximum atomic E-state index is 5.67. The van der Waals surface area contributed by atoms with E-state index in [9.17, 15) is 0 Å². The van der Waals surface area contributed by atoms with Crippen LogP contribution in [0.5, 0.6) is 0 Å². The molecular weight excluding hydrogens is 198 g/mol. The molecule has 0 aromatic rings. The highest BCUT2D eigenvalue weighted by Gasteiger charge is 2.20. The Morgan fingerprint density at radius 1 is 1.12 bits per heavy atom. The van der Waals surface area contributed by atoms with Gasteiger partial charge in [-0.05, 0) is 25.8 Å². The summed E-state index contributed by atoms with van der Waals surface area (Å²) in [6, 6.07) is 0.763. The minimum atomic E-state index is 0.639. The molecule has 3 heteroatoms. The van der Waals surface area contributed by atoms with Crippen LogP contribution in [0.4, 0.5) is 0 Å². The van der Waals surface area contributed by atoms with Gasteiger partial charge >= 0.3 is 0 Å². The second-order valence-corrected chi connectivity index (χ2v) is 5.32. The predicted octanol–water partition coefficient (Wildman–Crippen LogP) is 1.39. The van der Waals surface area contributed by atoms with Crippen molar-refractivity contribution in [2.45, 2.75) is 39.7 Å². The van der Waals surface area contributed by atoms with Crippen molar-refractivity contribution in [1.29, 1.82) is 0 Å². The van der Waals surface area contributed by atoms with Gasteiger partial charge < -0.3 is 10.6 Å². The molecule has 1 aliphatic heterocycles. The predicted molar refractivity (Wildman–Crippen MR) is 70.6 cm³/mol. The second-order valence-electron chi connectivity index (χ2n) is 5.32. The molecule has 96 valence electrons. The van der Waals surface area contributed by atoms with E-state index in [-0.39, 0.29) is 0 Å². The van der Waals surface area contributed by atoms with Crippen LogP contribution in [0.1, 0.15) is 33.6 Å². The van der Waals surface area contributed by atoms with E-state index in [4.69, 9.17) is 5.73 Å². The third-order valence-corrected chi connectivity index (χ3v) is 3.71. The van der Waals surface area contributed by atoms with E-state index < -0.39 is 0 Å². The molecule has 1 rings (SSSR count). The zero-order valence-corrected chi connectivity index (χ0v) is 11.3. The van der Waals surface area contributed by atoms with Gasteiger partial charge in [0.15, 0.2) is 0 Å². The highest BCUT2D eigenvalue weighted by atomic mass is 15.3. The van der Waals surface area contributed by atoms with Gasteiger partial charge in [-0.25, -0.2) is 0 Å². The lowest BCUT2D eigenvalue weighted by Crippen LogP contribution is -2.50. The zero-order chi connectivity index (χ0) is 12.0. The molecule has 0 aromatic carbocycles. The normalized spacial score (nSPS) is 23.2. The fourth-order valence-corrected chi connectivity index (χ4v) is 2.50. The summed E-state index contributed by atoms with van der Waals surface area (Å²) in [6.07, 6.45) is 2.63. The van der Waals surface area contributed by atoms with Crippen molar-refractivity contribution in [3.63, 3.8) is 0 Å². The third kappa shape index (κ3) is 4.40. The minimum Gasteiger partial charge on any atom is -0.330 e. The van der Waals surface area contributed by atoms with Crippen LogP contribution in [0, 0.1) is 5.92 Å². The Labute approximate surface area is 101 Å². The first-order valence-corrected chi connectivity index (χ1v) is 6.83. The molecule has 2 N–H and O–H groups in total. The van der Waals surface area contributed by atoms with Crippen molar-refractivity contribution in [3.05, 3.63) is 0 Å². The summed E-state index contributed by atoms with van der Waals surface area (Å²) >= 11 is 0. The topological polar surface area (TPSA) is 32.5 Å². The van der Waals surface area contributed by atoms with E-state index in [2.05, 4.69) is 30.6 Å². The number of hydrogen-bond acceptors (Lipinski definition) is 3.